The van der Waals surface area contributed by atoms with Crippen LogP contribution in [0.3, 0.4) is 0 Å². The van der Waals surface area contributed by atoms with E-state index in [9.17, 15) is 4.79 Å². The van der Waals surface area contributed by atoms with Crippen molar-refractivity contribution in [1.82, 2.24) is 10.1 Å². The van der Waals surface area contributed by atoms with Crippen LogP contribution in [0.5, 0.6) is 0 Å². The highest BCUT2D eigenvalue weighted by Crippen LogP contribution is 2.17. The maximum atomic E-state index is 11.8. The fraction of sp³-hybridized carbons (Fsp3) is 0.750. The molecule has 0 atom stereocenters. The number of aryl methyl sites for hydroxylation is 1. The van der Waals surface area contributed by atoms with E-state index in [1.165, 1.54) is 0 Å². The van der Waals surface area contributed by atoms with Gasteiger partial charge in [0.1, 0.15) is 5.78 Å². The van der Waals surface area contributed by atoms with Gasteiger partial charge in [-0.3, -0.25) is 4.79 Å². The lowest BCUT2D eigenvalue weighted by Gasteiger charge is -2.14. The number of carbonyl (C=O) groups excluding carboxylic acids is 1. The van der Waals surface area contributed by atoms with Gasteiger partial charge in [-0.15, -0.1) is 0 Å². The fourth-order valence-corrected chi connectivity index (χ4v) is 1.24. The summed E-state index contributed by atoms with van der Waals surface area (Å²) in [6.45, 7) is 6.31. The zero-order valence-corrected chi connectivity index (χ0v) is 10.9. The Balaban J connectivity index is 2.48. The molecule has 1 aromatic rings. The second kappa shape index (κ2) is 5.91. The fourth-order valence-electron chi connectivity index (χ4n) is 1.24. The molecule has 1 rings (SSSR count). The Morgan fingerprint density at radius 1 is 1.41 bits per heavy atom. The molecule has 1 aromatic heterocycles. The van der Waals surface area contributed by atoms with Gasteiger partial charge in [0.15, 0.2) is 5.82 Å². The molecular formula is C12H20N2O3. The Labute approximate surface area is 102 Å². The number of Topliss-reactive ketones (excluding diaryl/α,β-unsaturated/α-hetero) is 1. The van der Waals surface area contributed by atoms with Crippen LogP contribution in [0.1, 0.15) is 38.9 Å². The summed E-state index contributed by atoms with van der Waals surface area (Å²) in [4.78, 5) is 15.9. The number of methoxy groups -OCH3 is 1. The van der Waals surface area contributed by atoms with Gasteiger partial charge in [0, 0.05) is 25.6 Å². The molecule has 96 valence electrons. The van der Waals surface area contributed by atoms with Crippen LogP contribution in [0.15, 0.2) is 4.52 Å². The Morgan fingerprint density at radius 2 is 2.12 bits per heavy atom. The Hall–Kier alpha value is -1.23. The molecule has 0 fully saturated rings. The molecule has 0 saturated carbocycles. The molecule has 0 amide bonds. The van der Waals surface area contributed by atoms with Crippen molar-refractivity contribution in [3.05, 3.63) is 11.7 Å². The van der Waals surface area contributed by atoms with Crippen LogP contribution in [0.4, 0.5) is 0 Å². The molecule has 0 aliphatic carbocycles. The van der Waals surface area contributed by atoms with Crippen molar-refractivity contribution in [3.8, 4) is 0 Å². The molecule has 5 nitrogen and oxygen atoms in total. The predicted molar refractivity (Wildman–Crippen MR) is 62.7 cm³/mol. The minimum absolute atomic E-state index is 0.101. The van der Waals surface area contributed by atoms with Crippen LogP contribution in [-0.4, -0.2) is 29.6 Å². The summed E-state index contributed by atoms with van der Waals surface area (Å²) in [5, 5.41) is 3.83. The standard InChI is InChI=1S/C12H20N2O3/c1-12(2,3)9(15)8-11-13-10(14-17-11)6-5-7-16-4/h5-8H2,1-4H3. The zero-order chi connectivity index (χ0) is 12.9. The number of hydrogen-bond donors (Lipinski definition) is 0. The van der Waals surface area contributed by atoms with Gasteiger partial charge in [-0.1, -0.05) is 25.9 Å². The highest BCUT2D eigenvalue weighted by molar-refractivity contribution is 5.84. The first-order valence-corrected chi connectivity index (χ1v) is 5.77. The number of aromatic nitrogens is 2. The normalized spacial score (nSPS) is 11.8. The predicted octanol–water partition coefficient (Wildman–Crippen LogP) is 1.81. The number of rotatable bonds is 6. The minimum atomic E-state index is -0.370. The van der Waals surface area contributed by atoms with E-state index in [4.69, 9.17) is 9.26 Å². The van der Waals surface area contributed by atoms with Crippen molar-refractivity contribution < 1.29 is 14.1 Å². The van der Waals surface area contributed by atoms with Crippen LogP contribution in [0.25, 0.3) is 0 Å². The van der Waals surface area contributed by atoms with Crippen LogP contribution < -0.4 is 0 Å². The summed E-state index contributed by atoms with van der Waals surface area (Å²) in [7, 11) is 1.66. The van der Waals surface area contributed by atoms with Crippen molar-refractivity contribution >= 4 is 5.78 Å². The molecule has 0 aliphatic rings. The average Bonchev–Trinajstić information content (AvgIpc) is 2.65. The van der Waals surface area contributed by atoms with Gasteiger partial charge in [0.25, 0.3) is 0 Å². The molecule has 17 heavy (non-hydrogen) atoms. The molecule has 0 saturated heterocycles. The first-order chi connectivity index (χ1) is 7.93. The van der Waals surface area contributed by atoms with E-state index in [1.807, 2.05) is 20.8 Å². The quantitative estimate of drug-likeness (QED) is 0.709. The maximum Gasteiger partial charge on any atom is 0.234 e. The van der Waals surface area contributed by atoms with Crippen molar-refractivity contribution in [2.45, 2.75) is 40.0 Å². The van der Waals surface area contributed by atoms with Crippen molar-refractivity contribution in [2.75, 3.05) is 13.7 Å². The summed E-state index contributed by atoms with van der Waals surface area (Å²) < 4.78 is 9.98. The van der Waals surface area contributed by atoms with Gasteiger partial charge in [-0.25, -0.2) is 0 Å². The Bertz CT molecular complexity index is 366. The van der Waals surface area contributed by atoms with E-state index < -0.39 is 0 Å². The minimum Gasteiger partial charge on any atom is -0.385 e. The van der Waals surface area contributed by atoms with Gasteiger partial charge < -0.3 is 9.26 Å². The average molecular weight is 240 g/mol. The molecule has 5 heteroatoms. The first kappa shape index (κ1) is 13.8. The number of ketones is 1. The summed E-state index contributed by atoms with van der Waals surface area (Å²) >= 11 is 0. The third kappa shape index (κ3) is 4.65. The highest BCUT2D eigenvalue weighted by atomic mass is 16.5. The molecule has 0 bridgehead atoms. The number of ether oxygens (including phenoxy) is 1. The van der Waals surface area contributed by atoms with Crippen molar-refractivity contribution in [3.63, 3.8) is 0 Å². The molecular weight excluding hydrogens is 220 g/mol. The highest BCUT2D eigenvalue weighted by Gasteiger charge is 2.23. The molecule has 1 heterocycles. The topological polar surface area (TPSA) is 65.2 Å². The van der Waals surface area contributed by atoms with E-state index in [2.05, 4.69) is 10.1 Å². The molecule has 0 N–H and O–H groups in total. The lowest BCUT2D eigenvalue weighted by molar-refractivity contribution is -0.125. The second-order valence-corrected chi connectivity index (χ2v) is 5.05. The van der Waals surface area contributed by atoms with E-state index in [-0.39, 0.29) is 17.6 Å². The monoisotopic (exact) mass is 240 g/mol. The number of carbonyl (C=O) groups is 1. The van der Waals surface area contributed by atoms with Gasteiger partial charge in [-0.2, -0.15) is 4.98 Å². The zero-order valence-electron chi connectivity index (χ0n) is 10.9. The molecule has 0 unspecified atom stereocenters. The second-order valence-electron chi connectivity index (χ2n) is 5.05. The number of hydrogen-bond acceptors (Lipinski definition) is 5. The van der Waals surface area contributed by atoms with Gasteiger partial charge in [0.2, 0.25) is 5.89 Å². The summed E-state index contributed by atoms with van der Waals surface area (Å²) in [6, 6.07) is 0. The van der Waals surface area contributed by atoms with Crippen LogP contribution in [0.2, 0.25) is 0 Å². The van der Waals surface area contributed by atoms with Gasteiger partial charge in [0.05, 0.1) is 6.42 Å². The van der Waals surface area contributed by atoms with Gasteiger partial charge in [-0.05, 0) is 6.42 Å². The Kier molecular flexibility index (Phi) is 4.81. The number of nitrogens with zero attached hydrogens (tertiary/aromatic N) is 2. The molecule has 0 spiro atoms. The first-order valence-electron chi connectivity index (χ1n) is 5.77. The third-order valence-electron chi connectivity index (χ3n) is 2.41. The smallest absolute Gasteiger partial charge is 0.234 e. The van der Waals surface area contributed by atoms with Crippen molar-refractivity contribution in [2.24, 2.45) is 5.41 Å². The molecule has 0 radical (unpaired) electrons. The van der Waals surface area contributed by atoms with E-state index >= 15 is 0 Å². The third-order valence-corrected chi connectivity index (χ3v) is 2.41. The van der Waals surface area contributed by atoms with Crippen molar-refractivity contribution in [1.29, 1.82) is 0 Å². The summed E-state index contributed by atoms with van der Waals surface area (Å²) in [6.07, 6.45) is 1.77. The van der Waals surface area contributed by atoms with Crippen LogP contribution >= 0.6 is 0 Å². The summed E-state index contributed by atoms with van der Waals surface area (Å²) in [5.74, 6) is 1.14. The Morgan fingerprint density at radius 3 is 2.71 bits per heavy atom. The lowest BCUT2D eigenvalue weighted by Crippen LogP contribution is -2.22. The molecule has 0 aliphatic heterocycles. The van der Waals surface area contributed by atoms with Gasteiger partial charge >= 0.3 is 0 Å². The van der Waals surface area contributed by atoms with E-state index in [1.54, 1.807) is 7.11 Å². The van der Waals surface area contributed by atoms with E-state index in [0.29, 0.717) is 24.7 Å². The summed E-state index contributed by atoms with van der Waals surface area (Å²) in [5.41, 5.74) is -0.370. The maximum absolute atomic E-state index is 11.8. The van der Waals surface area contributed by atoms with Crippen LogP contribution in [-0.2, 0) is 22.4 Å². The largest absolute Gasteiger partial charge is 0.385 e. The van der Waals surface area contributed by atoms with Crippen LogP contribution in [0, 0.1) is 5.41 Å². The molecule has 0 aromatic carbocycles. The lowest BCUT2D eigenvalue weighted by atomic mass is 9.89. The van der Waals surface area contributed by atoms with E-state index in [0.717, 1.165) is 6.42 Å². The SMILES string of the molecule is COCCCc1noc(CC(=O)C(C)(C)C)n1.